The number of hydrogen-bond acceptors (Lipinski definition) is 10. The van der Waals surface area contributed by atoms with Crippen LogP contribution in [0.4, 0.5) is 0 Å². The summed E-state index contributed by atoms with van der Waals surface area (Å²) in [5, 5.41) is 5.69. The van der Waals surface area contributed by atoms with Gasteiger partial charge in [0.1, 0.15) is 7.34 Å². The van der Waals surface area contributed by atoms with Crippen LogP contribution in [0.25, 0.3) is 0 Å². The van der Waals surface area contributed by atoms with Crippen molar-refractivity contribution in [3.05, 3.63) is 0 Å². The normalized spacial score (nSPS) is 13.2. The van der Waals surface area contributed by atoms with Crippen LogP contribution < -0.4 is 16.4 Å². The van der Waals surface area contributed by atoms with E-state index in [4.69, 9.17) is 34.5 Å². The van der Waals surface area contributed by atoms with E-state index in [0.717, 1.165) is 6.42 Å². The second-order valence-corrected chi connectivity index (χ2v) is 13.8. The van der Waals surface area contributed by atoms with Crippen LogP contribution in [-0.4, -0.2) is 117 Å². The van der Waals surface area contributed by atoms with E-state index in [1.54, 1.807) is 0 Å². The lowest BCUT2D eigenvalue weighted by atomic mass is 10.1. The molecular weight excluding hydrogens is 581 g/mol. The topological polar surface area (TPSA) is 162 Å². The van der Waals surface area contributed by atoms with Gasteiger partial charge in [-0.3, -0.25) is 9.59 Å². The van der Waals surface area contributed by atoms with Gasteiger partial charge in [-0.1, -0.05) is 71.0 Å². The highest BCUT2D eigenvalue weighted by Gasteiger charge is 2.16. The van der Waals surface area contributed by atoms with Crippen molar-refractivity contribution in [2.45, 2.75) is 90.1 Å². The predicted octanol–water partition coefficient (Wildman–Crippen LogP) is 2.92. The van der Waals surface area contributed by atoms with Gasteiger partial charge in [-0.05, 0) is 6.42 Å². The zero-order valence-electron chi connectivity index (χ0n) is 26.2. The van der Waals surface area contributed by atoms with E-state index >= 15 is 0 Å². The van der Waals surface area contributed by atoms with Gasteiger partial charge in [0.15, 0.2) is 0 Å². The molecule has 2 amide bonds. The van der Waals surface area contributed by atoms with Gasteiger partial charge in [-0.2, -0.15) is 11.8 Å². The third kappa shape index (κ3) is 30.8. The van der Waals surface area contributed by atoms with Crippen molar-refractivity contribution >= 4 is 37.2 Å². The van der Waals surface area contributed by atoms with Crippen molar-refractivity contribution in [2.24, 2.45) is 5.73 Å². The lowest BCUT2D eigenvalue weighted by Gasteiger charge is -2.19. The van der Waals surface area contributed by atoms with Crippen LogP contribution in [0.3, 0.4) is 0 Å². The monoisotopic (exact) mass is 641 g/mol. The summed E-state index contributed by atoms with van der Waals surface area (Å²) in [5.41, 5.74) is 6.03. The fourth-order valence-corrected chi connectivity index (χ4v) is 5.31. The molecule has 2 atom stereocenters. The van der Waals surface area contributed by atoms with Gasteiger partial charge in [0, 0.05) is 37.7 Å². The van der Waals surface area contributed by atoms with Crippen LogP contribution in [0, 0.1) is 0 Å². The quantitative estimate of drug-likeness (QED) is 0.0562. The summed E-state index contributed by atoms with van der Waals surface area (Å²) in [6.45, 7) is 7.29. The van der Waals surface area contributed by atoms with Crippen molar-refractivity contribution in [2.75, 3.05) is 77.1 Å². The summed E-state index contributed by atoms with van der Waals surface area (Å²) in [7, 11) is -3.03. The van der Waals surface area contributed by atoms with Crippen LogP contribution in [-0.2, 0) is 28.5 Å². The number of nitrogens with one attached hydrogen (secondary N) is 2. The minimum Gasteiger partial charge on any atom is -0.379 e. The summed E-state index contributed by atoms with van der Waals surface area (Å²) in [5.74, 6) is 0.710. The number of unbranched alkanes of at least 4 members (excludes halogenated alkanes) is 9. The average Bonchev–Trinajstić information content (AvgIpc) is 2.92. The molecule has 0 fully saturated rings. The van der Waals surface area contributed by atoms with Crippen LogP contribution in [0.2, 0.25) is 0 Å². The Morgan fingerprint density at radius 3 is 1.93 bits per heavy atom. The molecule has 42 heavy (non-hydrogen) atoms. The molecule has 0 aromatic carbocycles. The Morgan fingerprint density at radius 2 is 1.36 bits per heavy atom. The van der Waals surface area contributed by atoms with Gasteiger partial charge >= 0.3 is 0 Å². The fourth-order valence-electron chi connectivity index (χ4n) is 3.88. The Labute approximate surface area is 258 Å². The van der Waals surface area contributed by atoms with E-state index in [1.807, 2.05) is 0 Å². The summed E-state index contributed by atoms with van der Waals surface area (Å²) in [4.78, 5) is 42.2. The molecule has 0 spiro atoms. The molecule has 0 rings (SSSR count). The highest BCUT2D eigenvalue weighted by atomic mass is 32.2. The molecule has 13 heteroatoms. The van der Waals surface area contributed by atoms with Crippen molar-refractivity contribution in [3.8, 4) is 0 Å². The molecule has 0 heterocycles. The molecule has 0 radical (unpaired) electrons. The number of carbonyl (C=O) groups excluding carboxylic acids is 2. The third-order valence-corrected chi connectivity index (χ3v) is 8.34. The minimum atomic E-state index is -3.03. The third-order valence-electron chi connectivity index (χ3n) is 6.21. The fraction of sp³-hybridized carbons (Fsp3) is 0.897. The molecule has 0 aromatic heterocycles. The molecule has 0 unspecified atom stereocenters. The van der Waals surface area contributed by atoms with E-state index in [1.165, 1.54) is 76.5 Å². The van der Waals surface area contributed by atoms with Crippen LogP contribution in [0.1, 0.15) is 78.1 Å². The molecule has 0 aliphatic rings. The molecule has 0 aliphatic carbocycles. The number of thioether (sulfide) groups is 1. The molecule has 0 aromatic rings. The second-order valence-electron chi connectivity index (χ2n) is 10.5. The molecule has 250 valence electrons. The molecule has 0 bridgehead atoms. The highest BCUT2D eigenvalue weighted by Crippen LogP contribution is 2.32. The van der Waals surface area contributed by atoms with E-state index in [9.17, 15) is 9.59 Å². The highest BCUT2D eigenvalue weighted by molar-refractivity contribution is 7.99. The second kappa shape index (κ2) is 29.0. The SMILES string of the molecule is C=P(O)(O)CCOCCOCCOCCNC(=O)[C@@H](N)CSC[C@@H](COCCCCCCCCCCCC)NC(C)=O. The van der Waals surface area contributed by atoms with Gasteiger partial charge in [-0.25, -0.2) is 0 Å². The molecule has 6 N–H and O–H groups in total. The average molecular weight is 642 g/mol. The van der Waals surface area contributed by atoms with Crippen molar-refractivity contribution in [1.82, 2.24) is 10.6 Å². The van der Waals surface area contributed by atoms with Crippen LogP contribution in [0.15, 0.2) is 0 Å². The summed E-state index contributed by atoms with van der Waals surface area (Å²) >= 11 is 1.52. The summed E-state index contributed by atoms with van der Waals surface area (Å²) < 4.78 is 21.8. The van der Waals surface area contributed by atoms with Gasteiger partial charge in [0.2, 0.25) is 11.8 Å². The zero-order chi connectivity index (χ0) is 31.3. The molecule has 0 aliphatic heterocycles. The summed E-state index contributed by atoms with van der Waals surface area (Å²) in [6.07, 6.45) is 16.2. The van der Waals surface area contributed by atoms with Crippen molar-refractivity contribution in [1.29, 1.82) is 0 Å². The van der Waals surface area contributed by atoms with E-state index in [0.29, 0.717) is 64.3 Å². The zero-order valence-corrected chi connectivity index (χ0v) is 27.9. The Hall–Kier alpha value is -0.690. The van der Waals surface area contributed by atoms with Gasteiger partial charge < -0.3 is 45.1 Å². The smallest absolute Gasteiger partial charge is 0.237 e. The first-order valence-corrected chi connectivity index (χ1v) is 18.7. The first kappa shape index (κ1) is 41.3. The van der Waals surface area contributed by atoms with E-state index < -0.39 is 13.4 Å². The minimum absolute atomic E-state index is 0.101. The maximum atomic E-state index is 12.2. The number of carbonyl (C=O) groups is 2. The first-order chi connectivity index (χ1) is 20.2. The Bertz CT molecular complexity index is 702. The molecule has 11 nitrogen and oxygen atoms in total. The first-order valence-electron chi connectivity index (χ1n) is 15.5. The van der Waals surface area contributed by atoms with Crippen molar-refractivity contribution in [3.63, 3.8) is 0 Å². The Balaban J connectivity index is 3.76. The number of rotatable bonds is 31. The number of nitrogens with two attached hydrogens (primary N) is 1. The lowest BCUT2D eigenvalue weighted by molar-refractivity contribution is -0.122. The van der Waals surface area contributed by atoms with Crippen molar-refractivity contribution < 1.29 is 38.3 Å². The number of hydrogen-bond donors (Lipinski definition) is 5. The lowest BCUT2D eigenvalue weighted by Crippen LogP contribution is -2.44. The molecule has 0 saturated carbocycles. The van der Waals surface area contributed by atoms with Crippen LogP contribution >= 0.6 is 19.1 Å². The van der Waals surface area contributed by atoms with Crippen LogP contribution in [0.5, 0.6) is 0 Å². The van der Waals surface area contributed by atoms with E-state index in [2.05, 4.69) is 23.9 Å². The summed E-state index contributed by atoms with van der Waals surface area (Å²) in [6, 6.07) is -0.778. The standard InChI is InChI=1S/C29H60N3O8PS/c1-4-5-6-7-8-9-10-11-12-13-15-40-23-27(32-26(2)33)24-42-25-28(30)29(34)31-14-16-37-17-18-38-19-20-39-21-22-41(3,35)36/h27-28,35-36H,3-25,30H2,1-2H3,(H,31,34)(H,32,33)/t27-,28+/m1/s1. The maximum Gasteiger partial charge on any atom is 0.237 e. The largest absolute Gasteiger partial charge is 0.379 e. The number of amides is 2. The van der Waals surface area contributed by atoms with E-state index in [-0.39, 0.29) is 30.6 Å². The molecular formula is C29H60N3O8PS. The molecule has 0 saturated heterocycles. The maximum absolute atomic E-state index is 12.2. The predicted molar refractivity (Wildman–Crippen MR) is 174 cm³/mol. The van der Waals surface area contributed by atoms with Gasteiger partial charge in [-0.15, -0.1) is 0 Å². The van der Waals surface area contributed by atoms with Gasteiger partial charge in [0.25, 0.3) is 0 Å². The Kier molecular flexibility index (Phi) is 28.6. The Morgan fingerprint density at radius 1 is 0.810 bits per heavy atom. The number of ether oxygens (including phenoxy) is 4. The van der Waals surface area contributed by atoms with Gasteiger partial charge in [0.05, 0.1) is 58.3 Å².